The Bertz CT molecular complexity index is 1610. The largest absolute Gasteiger partial charge is 0.378 e. The Morgan fingerprint density at radius 2 is 1.69 bits per heavy atom. The fraction of sp³-hybridized carbons (Fsp3) is 0.541. The molecule has 1 aliphatic rings. The molecular weight excluding hydrogens is 673 g/mol. The van der Waals surface area contributed by atoms with Gasteiger partial charge in [0.15, 0.2) is 5.82 Å². The van der Waals surface area contributed by atoms with E-state index in [1.807, 2.05) is 13.0 Å². The molecule has 3 rings (SSSR count). The zero-order chi connectivity index (χ0) is 37.7. The number of hydrogen-bond donors (Lipinski definition) is 2. The topological polar surface area (TPSA) is 176 Å². The highest BCUT2D eigenvalue weighted by Crippen LogP contribution is 2.23. The lowest BCUT2D eigenvalue weighted by Gasteiger charge is -2.31. The lowest BCUT2D eigenvalue weighted by molar-refractivity contribution is -0.000579. The molecule has 3 N–H and O–H groups in total. The number of carbonyl (C=O) groups excluding carboxylic acids is 2. The molecule has 1 aliphatic heterocycles. The van der Waals surface area contributed by atoms with Gasteiger partial charge >= 0.3 is 0 Å². The van der Waals surface area contributed by atoms with Crippen molar-refractivity contribution in [2.24, 2.45) is 23.7 Å². The quantitative estimate of drug-likeness (QED) is 0.0747. The number of allylic oxidation sites excluding steroid dienone is 4. The highest BCUT2D eigenvalue weighted by atomic mass is 19.1. The van der Waals surface area contributed by atoms with E-state index in [9.17, 15) is 14.0 Å². The molecule has 0 bridgehead atoms. The van der Waals surface area contributed by atoms with Crippen LogP contribution >= 0.6 is 0 Å². The number of ether oxygens (including phenoxy) is 5. The number of nitrogens with one attached hydrogen (secondary N) is 1. The van der Waals surface area contributed by atoms with Crippen LogP contribution < -0.4 is 11.1 Å². The number of halogens is 1. The van der Waals surface area contributed by atoms with Gasteiger partial charge in [-0.2, -0.15) is 5.26 Å². The zero-order valence-electron chi connectivity index (χ0n) is 30.5. The monoisotopic (exact) mass is 725 g/mol. The maximum Gasteiger partial charge on any atom is 0.289 e. The van der Waals surface area contributed by atoms with E-state index in [1.165, 1.54) is 6.08 Å². The van der Waals surface area contributed by atoms with Crippen molar-refractivity contribution in [2.45, 2.75) is 26.7 Å². The van der Waals surface area contributed by atoms with Gasteiger partial charge in [0.05, 0.1) is 82.1 Å². The lowest BCUT2D eigenvalue weighted by Crippen LogP contribution is -2.40. The van der Waals surface area contributed by atoms with Crippen LogP contribution in [0.4, 0.5) is 4.39 Å². The van der Waals surface area contributed by atoms with E-state index < -0.39 is 5.83 Å². The average Bonchev–Trinajstić information content (AvgIpc) is 3.50. The first kappa shape index (κ1) is 42.1. The molecule has 0 aliphatic carbocycles. The Kier molecular flexibility index (Phi) is 18.9. The summed E-state index contributed by atoms with van der Waals surface area (Å²) in [5.41, 5.74) is 8.53. The van der Waals surface area contributed by atoms with E-state index in [0.29, 0.717) is 107 Å². The van der Waals surface area contributed by atoms with Crippen LogP contribution in [-0.4, -0.2) is 124 Å². The van der Waals surface area contributed by atoms with Crippen molar-refractivity contribution < 1.29 is 37.7 Å². The molecule has 0 spiro atoms. The van der Waals surface area contributed by atoms with E-state index in [0.717, 1.165) is 24.6 Å². The van der Waals surface area contributed by atoms with Gasteiger partial charge in [0.1, 0.15) is 12.6 Å². The molecule has 2 heterocycles. The number of piperidine rings is 1. The van der Waals surface area contributed by atoms with Crippen LogP contribution in [0, 0.1) is 17.2 Å². The minimum Gasteiger partial charge on any atom is -0.378 e. The van der Waals surface area contributed by atoms with Crippen molar-refractivity contribution in [3.05, 3.63) is 65.3 Å². The van der Waals surface area contributed by atoms with Gasteiger partial charge in [-0.1, -0.05) is 12.7 Å². The lowest BCUT2D eigenvalue weighted by atomic mass is 9.92. The van der Waals surface area contributed by atoms with E-state index >= 15 is 0 Å². The molecule has 2 aromatic rings. The van der Waals surface area contributed by atoms with Crippen LogP contribution in [-0.2, 0) is 30.7 Å². The Balaban J connectivity index is 1.38. The molecule has 1 aromatic heterocycles. The van der Waals surface area contributed by atoms with Crippen LogP contribution in [0.1, 0.15) is 47.7 Å². The van der Waals surface area contributed by atoms with Crippen molar-refractivity contribution in [2.75, 3.05) is 92.4 Å². The van der Waals surface area contributed by atoms with Gasteiger partial charge in [-0.05, 0) is 62.5 Å². The second-order valence-electron chi connectivity index (χ2n) is 12.1. The van der Waals surface area contributed by atoms with Crippen molar-refractivity contribution >= 4 is 28.6 Å². The molecule has 0 atom stereocenters. The van der Waals surface area contributed by atoms with Crippen LogP contribution in [0.25, 0.3) is 11.0 Å². The van der Waals surface area contributed by atoms with Crippen LogP contribution in [0.5, 0.6) is 0 Å². The predicted octanol–water partition coefficient (Wildman–Crippen LogP) is 3.49. The number of carbonyl (C=O) groups is 2. The number of likely N-dealkylation sites (tertiary alicyclic amines) is 1. The first-order chi connectivity index (χ1) is 25.2. The van der Waals surface area contributed by atoms with E-state index in [1.54, 1.807) is 41.6 Å². The van der Waals surface area contributed by atoms with Gasteiger partial charge in [0.25, 0.3) is 11.8 Å². The molecule has 52 heavy (non-hydrogen) atoms. The van der Waals surface area contributed by atoms with Gasteiger partial charge in [-0.25, -0.2) is 9.37 Å². The normalized spacial score (nSPS) is 14.7. The molecule has 14 nitrogen and oxygen atoms in total. The number of nitrogens with two attached hydrogens (primary N) is 1. The Morgan fingerprint density at radius 1 is 1.06 bits per heavy atom. The third-order valence-corrected chi connectivity index (χ3v) is 8.38. The summed E-state index contributed by atoms with van der Waals surface area (Å²) in [6, 6.07) is 7.03. The number of rotatable bonds is 23. The summed E-state index contributed by atoms with van der Waals surface area (Å²) >= 11 is 0. The molecule has 2 amide bonds. The molecule has 0 saturated carbocycles. The van der Waals surface area contributed by atoms with Crippen LogP contribution in [0.2, 0.25) is 0 Å². The SMILES string of the molecule is C=C/C(C#N)=C\C(F)=C(/C)COC/N=C(\C)C1CCN(C(=O)c2nc3ccc(C(=O)NCCOCCOCCOCCOCCN)cc3n2C)CC1. The third kappa shape index (κ3) is 13.7. The number of fused-ring (bicyclic) bond motifs is 1. The molecule has 284 valence electrons. The summed E-state index contributed by atoms with van der Waals surface area (Å²) in [6.45, 7) is 12.7. The predicted molar refractivity (Wildman–Crippen MR) is 196 cm³/mol. The van der Waals surface area contributed by atoms with Crippen molar-refractivity contribution in [1.82, 2.24) is 19.8 Å². The number of aromatic nitrogens is 2. The summed E-state index contributed by atoms with van der Waals surface area (Å²) in [6.07, 6.45) is 3.90. The van der Waals surface area contributed by atoms with Crippen molar-refractivity contribution in [3.8, 4) is 6.07 Å². The maximum absolute atomic E-state index is 14.2. The standard InChI is InChI=1S/C37H52FN7O7/c1-5-29(24-40)22-32(38)27(2)25-52-26-42-28(3)30-8-12-45(13-9-30)37(47)35-43-33-7-6-31(23-34(33)44(35)4)36(46)41-11-15-49-17-19-51-21-20-50-18-16-48-14-10-39/h5-7,22-23,30H,1,8-21,25-26,39H2,2-4H3,(H,41,46)/b29-22+,32-27-,42-28+. The second kappa shape index (κ2) is 23.3. The van der Waals surface area contributed by atoms with Crippen LogP contribution in [0.3, 0.4) is 0 Å². The molecule has 15 heteroatoms. The Hall–Kier alpha value is -4.30. The third-order valence-electron chi connectivity index (χ3n) is 8.38. The fourth-order valence-corrected chi connectivity index (χ4v) is 5.29. The van der Waals surface area contributed by atoms with Crippen molar-refractivity contribution in [3.63, 3.8) is 0 Å². The summed E-state index contributed by atoms with van der Waals surface area (Å²) in [7, 11) is 1.77. The average molecular weight is 726 g/mol. The van der Waals surface area contributed by atoms with Gasteiger partial charge in [-0.3, -0.25) is 14.6 Å². The van der Waals surface area contributed by atoms with E-state index in [2.05, 4.69) is 21.9 Å². The van der Waals surface area contributed by atoms with Crippen molar-refractivity contribution in [1.29, 1.82) is 5.26 Å². The van der Waals surface area contributed by atoms with E-state index in [4.69, 9.17) is 34.7 Å². The second-order valence-corrected chi connectivity index (χ2v) is 12.1. The number of imidazole rings is 1. The highest BCUT2D eigenvalue weighted by Gasteiger charge is 2.28. The maximum atomic E-state index is 14.2. The first-order valence-electron chi connectivity index (χ1n) is 17.4. The number of nitriles is 1. The zero-order valence-corrected chi connectivity index (χ0v) is 30.5. The van der Waals surface area contributed by atoms with Gasteiger partial charge in [-0.15, -0.1) is 0 Å². The number of amides is 2. The number of benzene rings is 1. The van der Waals surface area contributed by atoms with Gasteiger partial charge in [0.2, 0.25) is 0 Å². The minimum atomic E-state index is -0.531. The Morgan fingerprint density at radius 3 is 2.31 bits per heavy atom. The number of hydrogen-bond acceptors (Lipinski definition) is 11. The first-order valence-corrected chi connectivity index (χ1v) is 17.4. The molecule has 0 radical (unpaired) electrons. The summed E-state index contributed by atoms with van der Waals surface area (Å²) in [5.74, 6) is -0.447. The fourth-order valence-electron chi connectivity index (χ4n) is 5.29. The molecule has 0 unspecified atom stereocenters. The summed E-state index contributed by atoms with van der Waals surface area (Å²) in [4.78, 5) is 37.2. The minimum absolute atomic E-state index is 0.0450. The van der Waals surface area contributed by atoms with Gasteiger partial charge in [0, 0.05) is 44.5 Å². The highest BCUT2D eigenvalue weighted by molar-refractivity contribution is 5.99. The summed E-state index contributed by atoms with van der Waals surface area (Å²) in [5, 5.41) is 11.8. The van der Waals surface area contributed by atoms with Gasteiger partial charge < -0.3 is 44.2 Å². The number of aliphatic imine (C=N–C) groups is 1. The number of nitrogens with zero attached hydrogens (tertiary/aromatic N) is 5. The van der Waals surface area contributed by atoms with Crippen LogP contribution in [0.15, 0.2) is 58.9 Å². The molecule has 1 aromatic carbocycles. The molecule has 1 saturated heterocycles. The summed E-state index contributed by atoms with van der Waals surface area (Å²) < 4.78 is 43.1. The number of aryl methyl sites for hydroxylation is 1. The Labute approximate surface area is 305 Å². The molecule has 1 fully saturated rings. The van der Waals surface area contributed by atoms with E-state index in [-0.39, 0.29) is 36.6 Å². The smallest absolute Gasteiger partial charge is 0.289 e. The molecular formula is C37H52FN7O7.